The Balaban J connectivity index is 1.75. The average molecular weight is 173 g/mol. The lowest BCUT2D eigenvalue weighted by molar-refractivity contribution is -0.141. The summed E-state index contributed by atoms with van der Waals surface area (Å²) < 4.78 is 16.1. The molecule has 0 aromatic rings. The highest BCUT2D eigenvalue weighted by Gasteiger charge is 2.39. The summed E-state index contributed by atoms with van der Waals surface area (Å²) in [5.41, 5.74) is 0. The molecule has 2 fully saturated rings. The van der Waals surface area contributed by atoms with E-state index in [1.807, 2.05) is 0 Å². The van der Waals surface area contributed by atoms with E-state index in [4.69, 9.17) is 14.2 Å². The molecule has 0 aromatic carbocycles. The summed E-state index contributed by atoms with van der Waals surface area (Å²) >= 11 is 0. The smallest absolute Gasteiger partial charge is 0.160 e. The Bertz CT molecular complexity index is 138. The molecule has 69 valence electrons. The van der Waals surface area contributed by atoms with E-state index in [0.29, 0.717) is 0 Å². The molecule has 0 spiro atoms. The highest BCUT2D eigenvalue weighted by molar-refractivity contribution is 4.83. The lowest BCUT2D eigenvalue weighted by atomic mass is 10.2. The van der Waals surface area contributed by atoms with Crippen molar-refractivity contribution in [2.75, 3.05) is 19.8 Å². The third-order valence-corrected chi connectivity index (χ3v) is 2.29. The topological polar surface area (TPSA) is 47.6 Å². The molecule has 2 heterocycles. The van der Waals surface area contributed by atoms with Crippen LogP contribution in [-0.2, 0) is 19.3 Å². The van der Waals surface area contributed by atoms with Gasteiger partial charge in [-0.3, -0.25) is 0 Å². The normalized spacial score (nSPS) is 40.2. The fourth-order valence-electron chi connectivity index (χ4n) is 1.73. The predicted octanol–water partition coefficient (Wildman–Crippen LogP) is 0.337. The van der Waals surface area contributed by atoms with E-state index in [0.717, 1.165) is 19.4 Å². The van der Waals surface area contributed by atoms with Gasteiger partial charge in [-0.25, -0.2) is 5.11 Å². The minimum atomic E-state index is -0.200. The third kappa shape index (κ3) is 1.61. The molecule has 0 saturated carbocycles. The van der Waals surface area contributed by atoms with Gasteiger partial charge < -0.3 is 14.2 Å². The van der Waals surface area contributed by atoms with Crippen molar-refractivity contribution >= 4 is 0 Å². The SMILES string of the molecule is [O]CCOC1CC2OCCC2O1. The van der Waals surface area contributed by atoms with Crippen molar-refractivity contribution in [2.24, 2.45) is 0 Å². The summed E-state index contributed by atoms with van der Waals surface area (Å²) in [4.78, 5) is 0. The summed E-state index contributed by atoms with van der Waals surface area (Å²) in [7, 11) is 0. The Morgan fingerprint density at radius 2 is 2.33 bits per heavy atom. The zero-order chi connectivity index (χ0) is 8.39. The van der Waals surface area contributed by atoms with Crippen LogP contribution in [0.1, 0.15) is 12.8 Å². The van der Waals surface area contributed by atoms with Crippen LogP contribution >= 0.6 is 0 Å². The third-order valence-electron chi connectivity index (χ3n) is 2.29. The lowest BCUT2D eigenvalue weighted by Gasteiger charge is -2.11. The van der Waals surface area contributed by atoms with E-state index < -0.39 is 0 Å². The van der Waals surface area contributed by atoms with E-state index in [2.05, 4.69) is 0 Å². The van der Waals surface area contributed by atoms with E-state index >= 15 is 0 Å². The maximum absolute atomic E-state index is 10.1. The minimum Gasteiger partial charge on any atom is -0.375 e. The lowest BCUT2D eigenvalue weighted by Crippen LogP contribution is -2.16. The van der Waals surface area contributed by atoms with E-state index in [-0.39, 0.29) is 31.7 Å². The Hall–Kier alpha value is -0.160. The fourth-order valence-corrected chi connectivity index (χ4v) is 1.73. The Morgan fingerprint density at radius 1 is 1.42 bits per heavy atom. The van der Waals surface area contributed by atoms with Crippen LogP contribution in [-0.4, -0.2) is 38.3 Å². The summed E-state index contributed by atoms with van der Waals surface area (Å²) in [6, 6.07) is 0. The maximum Gasteiger partial charge on any atom is 0.160 e. The first-order valence-electron chi connectivity index (χ1n) is 4.37. The predicted molar refractivity (Wildman–Crippen MR) is 39.1 cm³/mol. The van der Waals surface area contributed by atoms with E-state index in [1.54, 1.807) is 0 Å². The summed E-state index contributed by atoms with van der Waals surface area (Å²) in [6.45, 7) is 0.837. The highest BCUT2D eigenvalue weighted by Crippen LogP contribution is 2.30. The van der Waals surface area contributed by atoms with Gasteiger partial charge in [0.1, 0.15) is 6.61 Å². The van der Waals surface area contributed by atoms with Crippen LogP contribution in [0.3, 0.4) is 0 Å². The molecule has 2 aliphatic heterocycles. The molecule has 0 bridgehead atoms. The zero-order valence-electron chi connectivity index (χ0n) is 6.90. The van der Waals surface area contributed by atoms with Gasteiger partial charge in [0.15, 0.2) is 6.29 Å². The highest BCUT2D eigenvalue weighted by atomic mass is 16.7. The van der Waals surface area contributed by atoms with Crippen LogP contribution in [0, 0.1) is 0 Å². The van der Waals surface area contributed by atoms with Gasteiger partial charge in [0.05, 0.1) is 18.8 Å². The molecule has 0 amide bonds. The van der Waals surface area contributed by atoms with Gasteiger partial charge in [-0.1, -0.05) is 0 Å². The summed E-state index contributed by atoms with van der Waals surface area (Å²) in [5, 5.41) is 10.1. The molecule has 3 atom stereocenters. The van der Waals surface area contributed by atoms with Crippen LogP contribution in [0.4, 0.5) is 0 Å². The molecular formula is C8H13O4. The number of fused-ring (bicyclic) bond motifs is 1. The first-order valence-corrected chi connectivity index (χ1v) is 4.37. The van der Waals surface area contributed by atoms with Gasteiger partial charge in [-0.15, -0.1) is 0 Å². The largest absolute Gasteiger partial charge is 0.375 e. The van der Waals surface area contributed by atoms with Gasteiger partial charge in [-0.05, 0) is 6.42 Å². The van der Waals surface area contributed by atoms with Crippen molar-refractivity contribution in [3.8, 4) is 0 Å². The van der Waals surface area contributed by atoms with E-state index in [1.165, 1.54) is 0 Å². The molecule has 12 heavy (non-hydrogen) atoms. The van der Waals surface area contributed by atoms with Gasteiger partial charge in [0.25, 0.3) is 0 Å². The van der Waals surface area contributed by atoms with Crippen LogP contribution in [0.5, 0.6) is 0 Å². The Labute approximate surface area is 71.4 Å². The molecule has 3 unspecified atom stereocenters. The van der Waals surface area contributed by atoms with Crippen LogP contribution in [0.15, 0.2) is 0 Å². The maximum atomic E-state index is 10.1. The zero-order valence-corrected chi connectivity index (χ0v) is 6.90. The van der Waals surface area contributed by atoms with Crippen molar-refractivity contribution in [2.45, 2.75) is 31.3 Å². The molecule has 2 aliphatic rings. The van der Waals surface area contributed by atoms with Gasteiger partial charge >= 0.3 is 0 Å². The number of hydrogen-bond acceptors (Lipinski definition) is 3. The molecular weight excluding hydrogens is 160 g/mol. The van der Waals surface area contributed by atoms with Crippen LogP contribution < -0.4 is 0 Å². The van der Waals surface area contributed by atoms with Gasteiger partial charge in [0.2, 0.25) is 0 Å². The molecule has 1 radical (unpaired) electrons. The molecule has 4 nitrogen and oxygen atoms in total. The monoisotopic (exact) mass is 173 g/mol. The number of rotatable bonds is 3. The first-order chi connectivity index (χ1) is 5.90. The average Bonchev–Trinajstić information content (AvgIpc) is 2.58. The molecule has 2 rings (SSSR count). The standard InChI is InChI=1S/C8H13O4/c9-2-4-11-8-5-7-6(12-8)1-3-10-7/h6-8H,1-5H2. The first kappa shape index (κ1) is 8.44. The second-order valence-electron chi connectivity index (χ2n) is 3.11. The summed E-state index contributed by atoms with van der Waals surface area (Å²) in [5.74, 6) is 0. The quantitative estimate of drug-likeness (QED) is 0.618. The van der Waals surface area contributed by atoms with Gasteiger partial charge in [0, 0.05) is 13.0 Å². The Morgan fingerprint density at radius 3 is 3.08 bits per heavy atom. The second kappa shape index (κ2) is 3.70. The van der Waals surface area contributed by atoms with Gasteiger partial charge in [-0.2, -0.15) is 0 Å². The molecule has 0 aromatic heterocycles. The number of hydrogen-bond donors (Lipinski definition) is 0. The van der Waals surface area contributed by atoms with Crippen molar-refractivity contribution in [3.63, 3.8) is 0 Å². The molecule has 0 aliphatic carbocycles. The second-order valence-corrected chi connectivity index (χ2v) is 3.11. The van der Waals surface area contributed by atoms with Crippen molar-refractivity contribution in [3.05, 3.63) is 0 Å². The van der Waals surface area contributed by atoms with Crippen LogP contribution in [0.25, 0.3) is 0 Å². The van der Waals surface area contributed by atoms with E-state index in [9.17, 15) is 5.11 Å². The van der Waals surface area contributed by atoms with Crippen LogP contribution in [0.2, 0.25) is 0 Å². The van der Waals surface area contributed by atoms with Crippen molar-refractivity contribution < 1.29 is 19.3 Å². The fraction of sp³-hybridized carbons (Fsp3) is 1.00. The molecule has 4 heteroatoms. The molecule has 2 saturated heterocycles. The van der Waals surface area contributed by atoms with Crippen molar-refractivity contribution in [1.82, 2.24) is 0 Å². The summed E-state index contributed by atoms with van der Waals surface area (Å²) in [6.07, 6.45) is 1.96. The number of ether oxygens (including phenoxy) is 3. The minimum absolute atomic E-state index is 0.198. The van der Waals surface area contributed by atoms with Crippen molar-refractivity contribution in [1.29, 1.82) is 0 Å². The Kier molecular flexibility index (Phi) is 2.60. The molecule has 0 N–H and O–H groups in total.